The summed E-state index contributed by atoms with van der Waals surface area (Å²) in [7, 11) is 0. The number of hydrogen-bond acceptors (Lipinski definition) is 2. The van der Waals surface area contributed by atoms with E-state index in [0.29, 0.717) is 31.8 Å². The van der Waals surface area contributed by atoms with Gasteiger partial charge in [0.2, 0.25) is 5.91 Å². The van der Waals surface area contributed by atoms with Crippen molar-refractivity contribution in [3.05, 3.63) is 71.8 Å². The molecule has 0 aromatic heterocycles. The average Bonchev–Trinajstić information content (AvgIpc) is 3.49. The van der Waals surface area contributed by atoms with E-state index in [-0.39, 0.29) is 11.8 Å². The molecule has 4 heteroatoms. The van der Waals surface area contributed by atoms with Crippen LogP contribution in [-0.2, 0) is 15.0 Å². The van der Waals surface area contributed by atoms with Crippen LogP contribution in [0.25, 0.3) is 0 Å². The average molecular weight is 349 g/mol. The van der Waals surface area contributed by atoms with Crippen LogP contribution in [0.5, 0.6) is 0 Å². The monoisotopic (exact) mass is 349 g/mol. The molecular formula is C22H23NO3. The third-order valence-corrected chi connectivity index (χ3v) is 6.00. The molecule has 4 rings (SSSR count). The highest BCUT2D eigenvalue weighted by molar-refractivity contribution is 5.85. The second-order valence-electron chi connectivity index (χ2n) is 7.44. The summed E-state index contributed by atoms with van der Waals surface area (Å²) in [5.41, 5.74) is 1.20. The molecule has 1 heterocycles. The van der Waals surface area contributed by atoms with Gasteiger partial charge in [-0.3, -0.25) is 9.59 Å². The molecular weight excluding hydrogens is 326 g/mol. The largest absolute Gasteiger partial charge is 0.481 e. The molecule has 0 bridgehead atoms. The normalized spacial score (nSPS) is 24.1. The Labute approximate surface area is 153 Å². The summed E-state index contributed by atoms with van der Waals surface area (Å²) in [6, 6.07) is 19.6. The first-order chi connectivity index (χ1) is 12.6. The topological polar surface area (TPSA) is 57.6 Å². The lowest BCUT2D eigenvalue weighted by Gasteiger charge is -2.39. The zero-order valence-corrected chi connectivity index (χ0v) is 14.7. The minimum Gasteiger partial charge on any atom is -0.481 e. The van der Waals surface area contributed by atoms with Crippen LogP contribution in [0, 0.1) is 5.92 Å². The number of likely N-dealkylation sites (tertiary alicyclic amines) is 1. The van der Waals surface area contributed by atoms with Gasteiger partial charge in [0.15, 0.2) is 0 Å². The number of aliphatic carboxylic acids is 1. The predicted octanol–water partition coefficient (Wildman–Crippen LogP) is 3.44. The van der Waals surface area contributed by atoms with Crippen molar-refractivity contribution in [2.24, 2.45) is 5.92 Å². The van der Waals surface area contributed by atoms with Crippen molar-refractivity contribution in [3.63, 3.8) is 0 Å². The lowest BCUT2D eigenvalue weighted by atomic mass is 9.73. The van der Waals surface area contributed by atoms with Crippen molar-refractivity contribution in [1.29, 1.82) is 0 Å². The Morgan fingerprint density at radius 3 is 2.08 bits per heavy atom. The van der Waals surface area contributed by atoms with Gasteiger partial charge in [-0.1, -0.05) is 60.7 Å². The van der Waals surface area contributed by atoms with E-state index in [4.69, 9.17) is 0 Å². The molecule has 1 saturated heterocycles. The van der Waals surface area contributed by atoms with Gasteiger partial charge in [-0.25, -0.2) is 0 Å². The molecule has 1 aliphatic carbocycles. The highest BCUT2D eigenvalue weighted by atomic mass is 16.4. The summed E-state index contributed by atoms with van der Waals surface area (Å²) in [5, 5.41) is 9.88. The highest BCUT2D eigenvalue weighted by Gasteiger charge is 2.49. The molecule has 0 radical (unpaired) electrons. The summed E-state index contributed by atoms with van der Waals surface area (Å²) < 4.78 is 0. The van der Waals surface area contributed by atoms with Gasteiger partial charge in [0, 0.05) is 19.0 Å². The fourth-order valence-electron chi connectivity index (χ4n) is 4.26. The molecule has 2 unspecified atom stereocenters. The van der Waals surface area contributed by atoms with Crippen LogP contribution in [0.2, 0.25) is 0 Å². The molecule has 2 aromatic carbocycles. The Morgan fingerprint density at radius 2 is 1.50 bits per heavy atom. The Hall–Kier alpha value is -2.62. The number of hydrogen-bond donors (Lipinski definition) is 1. The van der Waals surface area contributed by atoms with Crippen LogP contribution in [0.15, 0.2) is 60.7 Å². The van der Waals surface area contributed by atoms with E-state index in [0.717, 1.165) is 12.0 Å². The lowest BCUT2D eigenvalue weighted by Crippen LogP contribution is -2.49. The van der Waals surface area contributed by atoms with Crippen molar-refractivity contribution in [2.75, 3.05) is 13.1 Å². The predicted molar refractivity (Wildman–Crippen MR) is 98.9 cm³/mol. The second kappa shape index (κ2) is 6.60. The third kappa shape index (κ3) is 2.90. The molecule has 0 spiro atoms. The number of nitrogens with zero attached hydrogens (tertiary/aromatic N) is 1. The molecule has 1 N–H and O–H groups in total. The van der Waals surface area contributed by atoms with Crippen LogP contribution in [0.3, 0.4) is 0 Å². The number of benzene rings is 2. The van der Waals surface area contributed by atoms with Crippen molar-refractivity contribution in [1.82, 2.24) is 4.90 Å². The van der Waals surface area contributed by atoms with Crippen LogP contribution >= 0.6 is 0 Å². The van der Waals surface area contributed by atoms with E-state index < -0.39 is 11.4 Å². The summed E-state index contributed by atoms with van der Waals surface area (Å²) in [6.45, 7) is 1.02. The van der Waals surface area contributed by atoms with Gasteiger partial charge in [-0.15, -0.1) is 0 Å². The maximum atomic E-state index is 12.8. The molecule has 2 aromatic rings. The second-order valence-corrected chi connectivity index (χ2v) is 7.44. The minimum atomic E-state index is -0.875. The maximum Gasteiger partial charge on any atom is 0.314 e. The molecule has 2 fully saturated rings. The molecule has 134 valence electrons. The van der Waals surface area contributed by atoms with Gasteiger partial charge < -0.3 is 10.0 Å². The number of carbonyl (C=O) groups is 2. The van der Waals surface area contributed by atoms with Gasteiger partial charge in [0.25, 0.3) is 0 Å². The number of rotatable bonds is 4. The zero-order chi connectivity index (χ0) is 18.1. The van der Waals surface area contributed by atoms with Crippen LogP contribution in [0.1, 0.15) is 36.3 Å². The Balaban J connectivity index is 1.43. The summed E-state index contributed by atoms with van der Waals surface area (Å²) in [6.07, 6.45) is 1.85. The van der Waals surface area contributed by atoms with Crippen LogP contribution in [0.4, 0.5) is 0 Å². The SMILES string of the molecule is O=C(C1CC1c1ccccc1)N1CCC(C(=O)O)(c2ccccc2)CC1. The van der Waals surface area contributed by atoms with Crippen molar-refractivity contribution >= 4 is 11.9 Å². The molecule has 2 aliphatic rings. The smallest absolute Gasteiger partial charge is 0.314 e. The molecule has 1 amide bonds. The van der Waals surface area contributed by atoms with E-state index >= 15 is 0 Å². The van der Waals surface area contributed by atoms with E-state index in [1.165, 1.54) is 5.56 Å². The highest BCUT2D eigenvalue weighted by Crippen LogP contribution is 2.49. The maximum absolute atomic E-state index is 12.8. The quantitative estimate of drug-likeness (QED) is 0.920. The first-order valence-electron chi connectivity index (χ1n) is 9.24. The summed E-state index contributed by atoms with van der Waals surface area (Å²) in [5.74, 6) is -0.217. The van der Waals surface area contributed by atoms with Crippen molar-refractivity contribution in [3.8, 4) is 0 Å². The molecule has 2 atom stereocenters. The van der Waals surface area contributed by atoms with Crippen molar-refractivity contribution in [2.45, 2.75) is 30.6 Å². The molecule has 26 heavy (non-hydrogen) atoms. The Morgan fingerprint density at radius 1 is 0.923 bits per heavy atom. The number of carboxylic acid groups (broad SMARTS) is 1. The summed E-state index contributed by atoms with van der Waals surface area (Å²) >= 11 is 0. The van der Waals surface area contributed by atoms with E-state index in [9.17, 15) is 14.7 Å². The fourth-order valence-corrected chi connectivity index (χ4v) is 4.26. The number of carbonyl (C=O) groups excluding carboxylic acids is 1. The van der Waals surface area contributed by atoms with Gasteiger partial charge in [0.1, 0.15) is 0 Å². The Bertz CT molecular complexity index is 795. The Kier molecular flexibility index (Phi) is 4.27. The third-order valence-electron chi connectivity index (χ3n) is 6.00. The number of piperidine rings is 1. The number of carboxylic acids is 1. The summed E-state index contributed by atoms with van der Waals surface area (Å²) in [4.78, 5) is 26.7. The molecule has 4 nitrogen and oxygen atoms in total. The zero-order valence-electron chi connectivity index (χ0n) is 14.7. The number of amides is 1. The van der Waals surface area contributed by atoms with Gasteiger partial charge in [0.05, 0.1) is 5.41 Å². The van der Waals surface area contributed by atoms with E-state index in [1.54, 1.807) is 0 Å². The standard InChI is InChI=1S/C22H23NO3/c24-20(19-15-18(19)16-7-3-1-4-8-16)23-13-11-22(12-14-23,21(25)26)17-9-5-2-6-10-17/h1-10,18-19H,11-15H2,(H,25,26). The van der Waals surface area contributed by atoms with E-state index in [1.807, 2.05) is 53.4 Å². The fraction of sp³-hybridized carbons (Fsp3) is 0.364. The van der Waals surface area contributed by atoms with Crippen LogP contribution < -0.4 is 0 Å². The van der Waals surface area contributed by atoms with Crippen LogP contribution in [-0.4, -0.2) is 35.0 Å². The minimum absolute atomic E-state index is 0.0615. The molecule has 1 saturated carbocycles. The lowest BCUT2D eigenvalue weighted by molar-refractivity contribution is -0.148. The van der Waals surface area contributed by atoms with Gasteiger partial charge >= 0.3 is 5.97 Å². The molecule has 1 aliphatic heterocycles. The van der Waals surface area contributed by atoms with Gasteiger partial charge in [-0.05, 0) is 36.3 Å². The van der Waals surface area contributed by atoms with Crippen molar-refractivity contribution < 1.29 is 14.7 Å². The first-order valence-corrected chi connectivity index (χ1v) is 9.24. The van der Waals surface area contributed by atoms with Gasteiger partial charge in [-0.2, -0.15) is 0 Å². The first kappa shape index (κ1) is 16.8. The van der Waals surface area contributed by atoms with E-state index in [2.05, 4.69) is 12.1 Å².